The van der Waals surface area contributed by atoms with Crippen molar-refractivity contribution in [3.63, 3.8) is 0 Å². The van der Waals surface area contributed by atoms with E-state index in [2.05, 4.69) is 418 Å². The summed E-state index contributed by atoms with van der Waals surface area (Å²) in [4.78, 5) is 5.32. The van der Waals surface area contributed by atoms with E-state index in [0.717, 1.165) is 52.7 Å². The molecule has 0 atom stereocenters. The molecule has 0 saturated heterocycles. The number of aromatic nitrogens is 2. The van der Waals surface area contributed by atoms with E-state index in [1.165, 1.54) is 155 Å². The van der Waals surface area contributed by atoms with Gasteiger partial charge in [0, 0.05) is 61.4 Å². The van der Waals surface area contributed by atoms with Crippen LogP contribution in [0.15, 0.2) is 261 Å². The van der Waals surface area contributed by atoms with Gasteiger partial charge < -0.3 is 18.9 Å². The highest BCUT2D eigenvalue weighted by Gasteiger charge is 2.47. The molecule has 2 aromatic heterocycles. The molecular formula is C108H107BN4. The lowest BCUT2D eigenvalue weighted by molar-refractivity contribution is 0.402. The highest BCUT2D eigenvalue weighted by Crippen LogP contribution is 2.55. The Morgan fingerprint density at radius 2 is 0.611 bits per heavy atom. The van der Waals surface area contributed by atoms with Crippen LogP contribution in [-0.2, 0) is 43.3 Å². The maximum Gasteiger partial charge on any atom is 0.252 e. The van der Waals surface area contributed by atoms with E-state index in [9.17, 15) is 0 Å². The standard InChI is InChI=1S/C108H107BN4/c1-101(2,3)74-38-50-94-84(59-74)85-60-75(102(4,5)6)39-51-95(85)113(94)81-62-98-100-99(63-81)111(79-42-32-68(33-43-79)71-35-46-87-89(56-71)108(19,20)65-106(87,15)16)97-61-80(112-92-29-25-24-28-82(92)83-54-69(37-49-93(83)112)66-26-22-21-23-27-66)44-48-91(97)109(100)90-47-36-72(73-52-76(103(7,8)9)58-77(53-73)104(10,11)12)57-96(90)110(98)78-40-30-67(31-41-78)70-34-45-86-88(55-70)107(17,18)64-105(86,13)14/h21-63H,64-65H2,1-20H3. The summed E-state index contributed by atoms with van der Waals surface area (Å²) in [6.45, 7) is 47.5. The lowest BCUT2D eigenvalue weighted by Crippen LogP contribution is -2.61. The second kappa shape index (κ2) is 24.8. The Morgan fingerprint density at radius 1 is 0.248 bits per heavy atom. The zero-order valence-electron chi connectivity index (χ0n) is 70.1. The number of hydrogen-bond acceptors (Lipinski definition) is 2. The first kappa shape index (κ1) is 72.4. The molecule has 0 bridgehead atoms. The number of anilines is 6. The molecule has 15 aromatic rings. The van der Waals surface area contributed by atoms with Crippen molar-refractivity contribution < 1.29 is 0 Å². The Labute approximate surface area is 671 Å². The third kappa shape index (κ3) is 11.7. The zero-order chi connectivity index (χ0) is 78.9. The number of benzene rings is 13. The SMILES string of the molecule is CC(C)(C)c1cc(-c2ccc3c(c2)N(c2ccc(-c4ccc5c(c4)C(C)(C)CC5(C)C)cc2)c2cc(-n4c5ccc(C(C)(C)C)cc5c5cc(C(C)(C)C)ccc54)cc4c2B3c2ccc(-n3c5ccccc5c5cc(-c6ccccc6)ccc53)cc2N4c2ccc(-c3ccc4c(c3)C(C)(C)CC4(C)C)cc2)cc(C(C)(C)C)c1. The Balaban J connectivity index is 0.915. The van der Waals surface area contributed by atoms with Gasteiger partial charge in [-0.1, -0.05) is 302 Å². The highest BCUT2D eigenvalue weighted by atomic mass is 15.2. The van der Waals surface area contributed by atoms with Gasteiger partial charge in [0.25, 0.3) is 6.71 Å². The van der Waals surface area contributed by atoms with E-state index >= 15 is 0 Å². The predicted molar refractivity (Wildman–Crippen MR) is 487 cm³/mol. The van der Waals surface area contributed by atoms with Gasteiger partial charge in [0.2, 0.25) is 0 Å². The van der Waals surface area contributed by atoms with Gasteiger partial charge in [-0.25, -0.2) is 0 Å². The third-order valence-electron chi connectivity index (χ3n) is 26.5. The van der Waals surface area contributed by atoms with Gasteiger partial charge in [0.1, 0.15) is 0 Å². The maximum absolute atomic E-state index is 2.66. The van der Waals surface area contributed by atoms with Crippen LogP contribution in [-0.4, -0.2) is 15.8 Å². The Morgan fingerprint density at radius 3 is 1.12 bits per heavy atom. The third-order valence-corrected chi connectivity index (χ3v) is 26.5. The van der Waals surface area contributed by atoms with Crippen LogP contribution in [0.5, 0.6) is 0 Å². The predicted octanol–water partition coefficient (Wildman–Crippen LogP) is 27.7. The summed E-state index contributed by atoms with van der Waals surface area (Å²) in [7, 11) is 0. The fourth-order valence-corrected chi connectivity index (χ4v) is 20.9. The van der Waals surface area contributed by atoms with E-state index < -0.39 is 0 Å². The number of para-hydroxylation sites is 1. The highest BCUT2D eigenvalue weighted by molar-refractivity contribution is 7.00. The minimum Gasteiger partial charge on any atom is -0.311 e. The van der Waals surface area contributed by atoms with Crippen LogP contribution in [0.4, 0.5) is 34.1 Å². The normalized spacial score (nSPS) is 15.9. The molecule has 113 heavy (non-hydrogen) atoms. The average Bonchev–Trinajstić information content (AvgIpc) is 0.923. The number of fused-ring (bicyclic) bond motifs is 12. The van der Waals surface area contributed by atoms with Gasteiger partial charge in [-0.05, 0) is 259 Å². The molecule has 0 fully saturated rings. The van der Waals surface area contributed by atoms with Crippen molar-refractivity contribution in [3.05, 3.63) is 305 Å². The second-order valence-electron chi connectivity index (χ2n) is 40.6. The van der Waals surface area contributed by atoms with Gasteiger partial charge >= 0.3 is 0 Å². The Bertz CT molecular complexity index is 6350. The molecule has 2 aliphatic heterocycles. The lowest BCUT2D eigenvalue weighted by atomic mass is 9.33. The van der Waals surface area contributed by atoms with Crippen molar-refractivity contribution in [2.75, 3.05) is 9.80 Å². The molecule has 0 saturated carbocycles. The summed E-state index contributed by atoms with van der Waals surface area (Å²) < 4.78 is 5.14. The van der Waals surface area contributed by atoms with Crippen LogP contribution in [0.25, 0.3) is 99.5 Å². The molecule has 13 aromatic carbocycles. The van der Waals surface area contributed by atoms with Crippen molar-refractivity contribution in [2.45, 2.75) is 195 Å². The fourth-order valence-electron chi connectivity index (χ4n) is 20.9. The summed E-state index contributed by atoms with van der Waals surface area (Å²) in [5, 5.41) is 4.98. The van der Waals surface area contributed by atoms with Crippen LogP contribution in [0.3, 0.4) is 0 Å². The molecule has 0 spiro atoms. The van der Waals surface area contributed by atoms with E-state index in [0.29, 0.717) is 0 Å². The Hall–Kier alpha value is -10.9. The monoisotopic (exact) mass is 1470 g/mol. The van der Waals surface area contributed by atoms with E-state index in [4.69, 9.17) is 0 Å². The fraction of sp³-hybridized carbons (Fsp3) is 0.278. The van der Waals surface area contributed by atoms with Gasteiger partial charge in [-0.2, -0.15) is 0 Å². The van der Waals surface area contributed by atoms with Crippen LogP contribution < -0.4 is 26.2 Å². The van der Waals surface area contributed by atoms with Gasteiger partial charge in [0.15, 0.2) is 0 Å². The largest absolute Gasteiger partial charge is 0.311 e. The topological polar surface area (TPSA) is 16.3 Å². The quantitative estimate of drug-likeness (QED) is 0.141. The summed E-state index contributed by atoms with van der Waals surface area (Å²) in [5.74, 6) is 0. The van der Waals surface area contributed by atoms with Crippen LogP contribution in [0.2, 0.25) is 0 Å². The van der Waals surface area contributed by atoms with Crippen LogP contribution >= 0.6 is 0 Å². The van der Waals surface area contributed by atoms with Crippen molar-refractivity contribution in [1.82, 2.24) is 9.13 Å². The summed E-state index contributed by atoms with van der Waals surface area (Å²) in [6, 6.07) is 103. The van der Waals surface area contributed by atoms with Crippen molar-refractivity contribution >= 4 is 101 Å². The smallest absolute Gasteiger partial charge is 0.252 e. The maximum atomic E-state index is 2.66. The molecule has 5 heteroatoms. The minimum absolute atomic E-state index is 0.0611. The van der Waals surface area contributed by atoms with Gasteiger partial charge in [-0.15, -0.1) is 0 Å². The summed E-state index contributed by atoms with van der Waals surface area (Å²) >= 11 is 0. The zero-order valence-corrected chi connectivity index (χ0v) is 70.1. The molecule has 4 nitrogen and oxygen atoms in total. The van der Waals surface area contributed by atoms with Gasteiger partial charge in [-0.3, -0.25) is 0 Å². The second-order valence-corrected chi connectivity index (χ2v) is 40.6. The van der Waals surface area contributed by atoms with E-state index in [1.807, 2.05) is 0 Å². The van der Waals surface area contributed by atoms with E-state index in [1.54, 1.807) is 0 Å². The number of rotatable bonds is 8. The first-order valence-corrected chi connectivity index (χ1v) is 41.4. The average molecular weight is 1470 g/mol. The summed E-state index contributed by atoms with van der Waals surface area (Å²) in [6.07, 6.45) is 2.25. The number of nitrogens with zero attached hydrogens (tertiary/aromatic N) is 4. The van der Waals surface area contributed by atoms with E-state index in [-0.39, 0.29) is 50.0 Å². The van der Waals surface area contributed by atoms with Gasteiger partial charge in [0.05, 0.1) is 27.8 Å². The molecule has 4 heterocycles. The Kier molecular flexibility index (Phi) is 15.9. The molecule has 4 aliphatic rings. The molecule has 0 N–H and O–H groups in total. The van der Waals surface area contributed by atoms with Crippen molar-refractivity contribution in [1.29, 1.82) is 0 Å². The molecule has 2 aliphatic carbocycles. The molecule has 0 unspecified atom stereocenters. The molecule has 19 rings (SSSR count). The number of hydrogen-bond donors (Lipinski definition) is 0. The first-order chi connectivity index (χ1) is 53.5. The van der Waals surface area contributed by atoms with Crippen LogP contribution in [0, 0.1) is 0 Å². The minimum atomic E-state index is -0.189. The molecule has 562 valence electrons. The molecule has 0 radical (unpaired) electrons. The van der Waals surface area contributed by atoms with Crippen molar-refractivity contribution in [2.24, 2.45) is 0 Å². The first-order valence-electron chi connectivity index (χ1n) is 41.4. The molecule has 0 amide bonds. The van der Waals surface area contributed by atoms with Crippen molar-refractivity contribution in [3.8, 4) is 55.9 Å². The van der Waals surface area contributed by atoms with Crippen LogP contribution in [0.1, 0.15) is 196 Å². The lowest BCUT2D eigenvalue weighted by Gasteiger charge is -2.44. The summed E-state index contributed by atoms with van der Waals surface area (Å²) in [5.41, 5.74) is 38.5. The molecular weight excluding hydrogens is 1360 g/mol.